The number of methoxy groups -OCH3 is 1. The highest BCUT2D eigenvalue weighted by molar-refractivity contribution is 5.86. The van der Waals surface area contributed by atoms with Crippen molar-refractivity contribution in [2.24, 2.45) is 0 Å². The van der Waals surface area contributed by atoms with Crippen molar-refractivity contribution in [1.29, 1.82) is 0 Å². The Morgan fingerprint density at radius 3 is 2.80 bits per heavy atom. The second-order valence-electron chi connectivity index (χ2n) is 4.66. The van der Waals surface area contributed by atoms with E-state index >= 15 is 0 Å². The fourth-order valence-corrected chi connectivity index (χ4v) is 2.23. The summed E-state index contributed by atoms with van der Waals surface area (Å²) in [5.74, 6) is -0.169. The molecule has 0 aromatic heterocycles. The summed E-state index contributed by atoms with van der Waals surface area (Å²) in [6.45, 7) is 0.469. The zero-order chi connectivity index (χ0) is 14.4. The molecule has 2 aromatic rings. The second kappa shape index (κ2) is 7.03. The van der Waals surface area contributed by atoms with E-state index in [4.69, 9.17) is 4.74 Å². The van der Waals surface area contributed by atoms with Gasteiger partial charge in [0.25, 0.3) is 0 Å². The molecule has 106 valence electrons. The van der Waals surface area contributed by atoms with E-state index in [1.807, 2.05) is 42.5 Å². The Balaban J connectivity index is 2.01. The average molecular weight is 273 g/mol. The number of aliphatic hydroxyl groups excluding tert-OH is 1. The van der Waals surface area contributed by atoms with Crippen LogP contribution in [0.25, 0.3) is 10.8 Å². The van der Waals surface area contributed by atoms with E-state index in [1.165, 1.54) is 7.11 Å². The summed E-state index contributed by atoms with van der Waals surface area (Å²) in [6.07, 6.45) is -0.118. The van der Waals surface area contributed by atoms with Crippen LogP contribution in [-0.4, -0.2) is 31.3 Å². The van der Waals surface area contributed by atoms with Crippen LogP contribution in [0.3, 0.4) is 0 Å². The van der Waals surface area contributed by atoms with Crippen molar-refractivity contribution >= 4 is 16.7 Å². The van der Waals surface area contributed by atoms with Crippen LogP contribution in [0.2, 0.25) is 0 Å². The van der Waals surface area contributed by atoms with Gasteiger partial charge in [0.15, 0.2) is 0 Å². The van der Waals surface area contributed by atoms with Gasteiger partial charge in [-0.1, -0.05) is 42.5 Å². The third kappa shape index (κ3) is 3.56. The zero-order valence-electron chi connectivity index (χ0n) is 11.5. The molecule has 1 unspecified atom stereocenters. The number of ether oxygens (including phenoxy) is 1. The first-order valence-corrected chi connectivity index (χ1v) is 6.63. The molecule has 0 bridgehead atoms. The van der Waals surface area contributed by atoms with E-state index in [9.17, 15) is 9.90 Å². The molecule has 2 rings (SSSR count). The molecule has 2 N–H and O–H groups in total. The smallest absolute Gasteiger partial charge is 0.245 e. The molecule has 20 heavy (non-hydrogen) atoms. The zero-order valence-corrected chi connectivity index (χ0v) is 11.5. The number of amides is 1. The van der Waals surface area contributed by atoms with Gasteiger partial charge in [0, 0.05) is 13.7 Å². The molecule has 0 fully saturated rings. The van der Waals surface area contributed by atoms with E-state index in [0.717, 1.165) is 16.3 Å². The number of carbonyl (C=O) groups excluding carboxylic acids is 1. The molecule has 0 radical (unpaired) electrons. The molecular weight excluding hydrogens is 254 g/mol. The van der Waals surface area contributed by atoms with Gasteiger partial charge in [-0.3, -0.25) is 4.79 Å². The third-order valence-electron chi connectivity index (χ3n) is 3.20. The molecule has 0 saturated carbocycles. The summed E-state index contributed by atoms with van der Waals surface area (Å²) in [5, 5.41) is 15.1. The van der Waals surface area contributed by atoms with Crippen molar-refractivity contribution in [2.45, 2.75) is 12.5 Å². The van der Waals surface area contributed by atoms with Gasteiger partial charge in [0.1, 0.15) is 6.61 Å². The summed E-state index contributed by atoms with van der Waals surface area (Å²) in [5.41, 5.74) is 0.893. The van der Waals surface area contributed by atoms with E-state index < -0.39 is 6.10 Å². The summed E-state index contributed by atoms with van der Waals surface area (Å²) in [4.78, 5) is 11.3. The molecule has 1 amide bonds. The van der Waals surface area contributed by atoms with E-state index in [1.54, 1.807) is 0 Å². The third-order valence-corrected chi connectivity index (χ3v) is 3.20. The lowest BCUT2D eigenvalue weighted by atomic mass is 9.99. The Kier molecular flexibility index (Phi) is 5.09. The SMILES string of the molecule is COCC(=O)NCCC(O)c1cccc2ccccc12. The summed E-state index contributed by atoms with van der Waals surface area (Å²) < 4.78 is 4.73. The highest BCUT2D eigenvalue weighted by Gasteiger charge is 2.11. The summed E-state index contributed by atoms with van der Waals surface area (Å²) in [6, 6.07) is 13.8. The van der Waals surface area contributed by atoms with Gasteiger partial charge in [-0.25, -0.2) is 0 Å². The van der Waals surface area contributed by atoms with Crippen molar-refractivity contribution in [3.63, 3.8) is 0 Å². The standard InChI is InChI=1S/C16H19NO3/c1-20-11-16(19)17-10-9-15(18)14-8-4-6-12-5-2-3-7-13(12)14/h2-8,15,18H,9-11H2,1H3,(H,17,19). The minimum Gasteiger partial charge on any atom is -0.388 e. The van der Waals surface area contributed by atoms with Crippen LogP contribution in [-0.2, 0) is 9.53 Å². The highest BCUT2D eigenvalue weighted by atomic mass is 16.5. The number of carbonyl (C=O) groups is 1. The predicted molar refractivity (Wildman–Crippen MR) is 78.4 cm³/mol. The summed E-state index contributed by atoms with van der Waals surface area (Å²) >= 11 is 0. The maximum Gasteiger partial charge on any atom is 0.245 e. The molecule has 0 saturated heterocycles. The minimum atomic E-state index is -0.594. The maximum atomic E-state index is 11.3. The van der Waals surface area contributed by atoms with E-state index in [2.05, 4.69) is 5.32 Å². The lowest BCUT2D eigenvalue weighted by molar-refractivity contribution is -0.124. The lowest BCUT2D eigenvalue weighted by Crippen LogP contribution is -2.28. The number of hydrogen-bond donors (Lipinski definition) is 2. The van der Waals surface area contributed by atoms with Crippen molar-refractivity contribution in [2.75, 3.05) is 20.3 Å². The highest BCUT2D eigenvalue weighted by Crippen LogP contribution is 2.25. The Morgan fingerprint density at radius 2 is 2.00 bits per heavy atom. The van der Waals surface area contributed by atoms with Crippen molar-refractivity contribution in [3.8, 4) is 0 Å². The van der Waals surface area contributed by atoms with Gasteiger partial charge in [-0.2, -0.15) is 0 Å². The average Bonchev–Trinajstić information content (AvgIpc) is 2.47. The Labute approximate surface area is 118 Å². The van der Waals surface area contributed by atoms with Crippen LogP contribution in [0, 0.1) is 0 Å². The number of nitrogens with one attached hydrogen (secondary N) is 1. The van der Waals surface area contributed by atoms with Crippen LogP contribution in [0.15, 0.2) is 42.5 Å². The molecule has 0 aliphatic carbocycles. The molecule has 0 aliphatic heterocycles. The molecule has 1 atom stereocenters. The van der Waals surface area contributed by atoms with Crippen molar-refractivity contribution in [3.05, 3.63) is 48.0 Å². The number of benzene rings is 2. The van der Waals surface area contributed by atoms with Gasteiger partial charge in [0.2, 0.25) is 5.91 Å². The Hall–Kier alpha value is -1.91. The number of rotatable bonds is 6. The van der Waals surface area contributed by atoms with Crippen LogP contribution in [0.5, 0.6) is 0 Å². The van der Waals surface area contributed by atoms with Crippen LogP contribution in [0.1, 0.15) is 18.1 Å². The van der Waals surface area contributed by atoms with Crippen LogP contribution < -0.4 is 5.32 Å². The van der Waals surface area contributed by atoms with Gasteiger partial charge < -0.3 is 15.2 Å². The van der Waals surface area contributed by atoms with Gasteiger partial charge in [0.05, 0.1) is 6.10 Å². The van der Waals surface area contributed by atoms with Gasteiger partial charge >= 0.3 is 0 Å². The number of hydrogen-bond acceptors (Lipinski definition) is 3. The monoisotopic (exact) mass is 273 g/mol. The van der Waals surface area contributed by atoms with Crippen molar-refractivity contribution in [1.82, 2.24) is 5.32 Å². The van der Waals surface area contributed by atoms with E-state index in [-0.39, 0.29) is 12.5 Å². The normalized spacial score (nSPS) is 12.3. The van der Waals surface area contributed by atoms with E-state index in [0.29, 0.717) is 13.0 Å². The van der Waals surface area contributed by atoms with Crippen molar-refractivity contribution < 1.29 is 14.6 Å². The van der Waals surface area contributed by atoms with Crippen LogP contribution >= 0.6 is 0 Å². The maximum absolute atomic E-state index is 11.3. The topological polar surface area (TPSA) is 58.6 Å². The fraction of sp³-hybridized carbons (Fsp3) is 0.312. The van der Waals surface area contributed by atoms with Gasteiger partial charge in [-0.05, 0) is 22.8 Å². The van der Waals surface area contributed by atoms with Gasteiger partial charge in [-0.15, -0.1) is 0 Å². The second-order valence-corrected chi connectivity index (χ2v) is 4.66. The lowest BCUT2D eigenvalue weighted by Gasteiger charge is -2.14. The molecule has 4 nitrogen and oxygen atoms in total. The molecule has 0 spiro atoms. The summed E-state index contributed by atoms with van der Waals surface area (Å²) in [7, 11) is 1.48. The quantitative estimate of drug-likeness (QED) is 0.846. The largest absolute Gasteiger partial charge is 0.388 e. The van der Waals surface area contributed by atoms with Crippen LogP contribution in [0.4, 0.5) is 0 Å². The molecule has 0 heterocycles. The first-order valence-electron chi connectivity index (χ1n) is 6.63. The molecule has 4 heteroatoms. The fourth-order valence-electron chi connectivity index (χ4n) is 2.23. The number of aliphatic hydroxyl groups is 1. The molecular formula is C16H19NO3. The Morgan fingerprint density at radius 1 is 1.25 bits per heavy atom. The predicted octanol–water partition coefficient (Wildman–Crippen LogP) is 2.03. The number of fused-ring (bicyclic) bond motifs is 1. The Bertz CT molecular complexity index is 577. The first kappa shape index (κ1) is 14.5. The molecule has 2 aromatic carbocycles. The first-order chi connectivity index (χ1) is 9.72. The molecule has 0 aliphatic rings. The minimum absolute atomic E-state index is 0.0460.